The van der Waals surface area contributed by atoms with E-state index in [1.165, 1.54) is 0 Å². The Balaban J connectivity index is 1.34. The first-order chi connectivity index (χ1) is 16.6. The molecule has 2 fully saturated rings. The van der Waals surface area contributed by atoms with E-state index in [0.29, 0.717) is 24.2 Å². The Labute approximate surface area is 210 Å². The molecule has 0 spiro atoms. The third-order valence-corrected chi connectivity index (χ3v) is 8.44. The van der Waals surface area contributed by atoms with Crippen molar-refractivity contribution in [2.75, 3.05) is 18.0 Å². The fourth-order valence-electron chi connectivity index (χ4n) is 6.00. The summed E-state index contributed by atoms with van der Waals surface area (Å²) in [6, 6.07) is 8.86. The van der Waals surface area contributed by atoms with Gasteiger partial charge in [-0.3, -0.25) is 9.69 Å². The van der Waals surface area contributed by atoms with Crippen molar-refractivity contribution in [3.8, 4) is 11.3 Å². The molecular formula is C27H31ClFN5O. The molecule has 4 heterocycles. The van der Waals surface area contributed by atoms with Crippen LogP contribution in [0.3, 0.4) is 0 Å². The molecule has 3 aromatic rings. The molecule has 3 aliphatic rings. The molecule has 2 aliphatic heterocycles. The van der Waals surface area contributed by atoms with Crippen molar-refractivity contribution in [1.29, 1.82) is 0 Å². The Morgan fingerprint density at radius 3 is 2.63 bits per heavy atom. The predicted octanol–water partition coefficient (Wildman–Crippen LogP) is 5.53. The summed E-state index contributed by atoms with van der Waals surface area (Å²) < 4.78 is 15.7. The molecule has 1 amide bonds. The molecular weight excluding hydrogens is 465 g/mol. The van der Waals surface area contributed by atoms with E-state index in [1.807, 2.05) is 35.4 Å². The van der Waals surface area contributed by atoms with Gasteiger partial charge in [0, 0.05) is 42.5 Å². The molecule has 6 nitrogen and oxygen atoms in total. The second-order valence-electron chi connectivity index (χ2n) is 11.1. The number of hydrogen-bond acceptors (Lipinski definition) is 4. The first-order valence-corrected chi connectivity index (χ1v) is 12.9. The van der Waals surface area contributed by atoms with Crippen LogP contribution in [0.15, 0.2) is 30.6 Å². The summed E-state index contributed by atoms with van der Waals surface area (Å²) in [5, 5.41) is 0.427. The molecule has 1 saturated heterocycles. The molecule has 0 N–H and O–H groups in total. The standard InChI is InChI=1S/C27H31ClFN5O/c1-15(2)33-14-30-22-12-21(31-25(28)24(22)33)16-5-6-20-23(9-16)34(26(35)27(20,3)4)19-10-18(11-19)32-8-7-17(29)13-32/h5-6,9,12,14-15,17-19H,7-8,10-11,13H2,1-4H3/t17-,18?,19?/m0/s1. The lowest BCUT2D eigenvalue weighted by molar-refractivity contribution is -0.123. The minimum Gasteiger partial charge on any atom is -0.326 e. The third kappa shape index (κ3) is 3.50. The highest BCUT2D eigenvalue weighted by Gasteiger charge is 2.50. The quantitative estimate of drug-likeness (QED) is 0.446. The predicted molar refractivity (Wildman–Crippen MR) is 137 cm³/mol. The van der Waals surface area contributed by atoms with Crippen molar-refractivity contribution in [2.24, 2.45) is 0 Å². The minimum atomic E-state index is -0.715. The van der Waals surface area contributed by atoms with Gasteiger partial charge in [-0.15, -0.1) is 0 Å². The molecule has 6 rings (SSSR count). The van der Waals surface area contributed by atoms with Crippen LogP contribution in [0.2, 0.25) is 5.15 Å². The molecule has 0 bridgehead atoms. The van der Waals surface area contributed by atoms with Gasteiger partial charge in [0.2, 0.25) is 5.91 Å². The van der Waals surface area contributed by atoms with Crippen LogP contribution in [-0.4, -0.2) is 56.7 Å². The largest absolute Gasteiger partial charge is 0.326 e. The SMILES string of the molecule is CC(C)n1cnc2cc(-c3ccc4c(c3)N(C3CC(N5CC[C@H](F)C5)C3)C(=O)C4(C)C)nc(Cl)c21. The number of aromatic nitrogens is 3. The molecule has 8 heteroatoms. The van der Waals surface area contributed by atoms with Crippen molar-refractivity contribution >= 4 is 34.2 Å². The highest BCUT2D eigenvalue weighted by molar-refractivity contribution is 6.34. The first-order valence-electron chi connectivity index (χ1n) is 12.5. The summed E-state index contributed by atoms with van der Waals surface area (Å²) in [6.45, 7) is 9.52. The summed E-state index contributed by atoms with van der Waals surface area (Å²) >= 11 is 6.62. The number of alkyl halides is 1. The summed E-state index contributed by atoms with van der Waals surface area (Å²) in [6.07, 6.45) is 3.49. The van der Waals surface area contributed by atoms with Crippen LogP contribution in [0.5, 0.6) is 0 Å². The lowest BCUT2D eigenvalue weighted by Gasteiger charge is -2.45. The van der Waals surface area contributed by atoms with Gasteiger partial charge in [-0.05, 0) is 64.7 Å². The Morgan fingerprint density at radius 1 is 1.17 bits per heavy atom. The van der Waals surface area contributed by atoms with Crippen LogP contribution in [-0.2, 0) is 10.2 Å². The average molecular weight is 496 g/mol. The maximum absolute atomic E-state index is 13.7. The van der Waals surface area contributed by atoms with Crippen LogP contribution in [0.4, 0.5) is 10.1 Å². The lowest BCUT2D eigenvalue weighted by Crippen LogP contribution is -2.55. The lowest BCUT2D eigenvalue weighted by atomic mass is 9.83. The van der Waals surface area contributed by atoms with Gasteiger partial charge in [0.25, 0.3) is 0 Å². The van der Waals surface area contributed by atoms with Gasteiger partial charge in [0.15, 0.2) is 5.15 Å². The Bertz CT molecular complexity index is 1330. The van der Waals surface area contributed by atoms with Crippen molar-refractivity contribution in [3.05, 3.63) is 41.3 Å². The molecule has 35 heavy (non-hydrogen) atoms. The second kappa shape index (κ2) is 8.00. The number of rotatable bonds is 4. The Kier molecular flexibility index (Phi) is 5.24. The molecule has 1 atom stereocenters. The van der Waals surface area contributed by atoms with Gasteiger partial charge < -0.3 is 9.47 Å². The topological polar surface area (TPSA) is 54.3 Å². The van der Waals surface area contributed by atoms with Crippen molar-refractivity contribution in [3.63, 3.8) is 0 Å². The van der Waals surface area contributed by atoms with Crippen molar-refractivity contribution < 1.29 is 9.18 Å². The van der Waals surface area contributed by atoms with E-state index in [0.717, 1.165) is 52.9 Å². The summed E-state index contributed by atoms with van der Waals surface area (Å²) in [5.41, 5.74) is 4.71. The Hall–Kier alpha value is -2.51. The third-order valence-electron chi connectivity index (χ3n) is 8.18. The van der Waals surface area contributed by atoms with E-state index in [1.54, 1.807) is 6.33 Å². The fraction of sp³-hybridized carbons (Fsp3) is 0.519. The van der Waals surface area contributed by atoms with Crippen molar-refractivity contribution in [2.45, 2.75) is 76.7 Å². The van der Waals surface area contributed by atoms with Crippen LogP contribution in [0, 0.1) is 0 Å². The maximum Gasteiger partial charge on any atom is 0.237 e. The van der Waals surface area contributed by atoms with E-state index in [-0.39, 0.29) is 18.0 Å². The summed E-state index contributed by atoms with van der Waals surface area (Å²) in [5.74, 6) is 0.134. The summed E-state index contributed by atoms with van der Waals surface area (Å²) in [4.78, 5) is 27.0. The molecule has 184 valence electrons. The number of carbonyl (C=O) groups is 1. The number of likely N-dealkylation sites (tertiary alicyclic amines) is 1. The van der Waals surface area contributed by atoms with E-state index >= 15 is 0 Å². The average Bonchev–Trinajstić information content (AvgIpc) is 3.45. The molecule has 1 aliphatic carbocycles. The zero-order chi connectivity index (χ0) is 24.6. The highest BCUT2D eigenvalue weighted by Crippen LogP contribution is 2.48. The highest BCUT2D eigenvalue weighted by atomic mass is 35.5. The molecule has 1 saturated carbocycles. The van der Waals surface area contributed by atoms with Gasteiger partial charge >= 0.3 is 0 Å². The second-order valence-corrected chi connectivity index (χ2v) is 11.5. The Morgan fingerprint density at radius 2 is 1.94 bits per heavy atom. The fourth-order valence-corrected chi connectivity index (χ4v) is 6.29. The van der Waals surface area contributed by atoms with Gasteiger partial charge in [0.05, 0.1) is 23.0 Å². The number of anilines is 1. The number of imidazole rings is 1. The van der Waals surface area contributed by atoms with Gasteiger partial charge in [-0.25, -0.2) is 14.4 Å². The monoisotopic (exact) mass is 495 g/mol. The number of nitrogens with zero attached hydrogens (tertiary/aromatic N) is 5. The number of pyridine rings is 1. The number of amides is 1. The van der Waals surface area contributed by atoms with Crippen LogP contribution >= 0.6 is 11.6 Å². The van der Waals surface area contributed by atoms with Crippen molar-refractivity contribution in [1.82, 2.24) is 19.4 Å². The molecule has 0 unspecified atom stereocenters. The smallest absolute Gasteiger partial charge is 0.237 e. The van der Waals surface area contributed by atoms with E-state index in [4.69, 9.17) is 16.6 Å². The molecule has 2 aromatic heterocycles. The zero-order valence-corrected chi connectivity index (χ0v) is 21.4. The first kappa shape index (κ1) is 22.9. The number of benzene rings is 1. The van der Waals surface area contributed by atoms with Gasteiger partial charge in [0.1, 0.15) is 11.7 Å². The normalized spacial score (nSPS) is 26.1. The number of halogens is 2. The zero-order valence-electron chi connectivity index (χ0n) is 20.6. The van der Waals surface area contributed by atoms with E-state index in [2.05, 4.69) is 35.9 Å². The van der Waals surface area contributed by atoms with Gasteiger partial charge in [-0.2, -0.15) is 0 Å². The number of carbonyl (C=O) groups excluding carboxylic acids is 1. The number of hydrogen-bond donors (Lipinski definition) is 0. The van der Waals surface area contributed by atoms with E-state index < -0.39 is 11.6 Å². The van der Waals surface area contributed by atoms with E-state index in [9.17, 15) is 9.18 Å². The molecule has 1 aromatic carbocycles. The van der Waals surface area contributed by atoms with Crippen LogP contribution in [0.1, 0.15) is 58.6 Å². The van der Waals surface area contributed by atoms with Crippen LogP contribution in [0.25, 0.3) is 22.3 Å². The molecule has 0 radical (unpaired) electrons. The maximum atomic E-state index is 13.7. The number of fused-ring (bicyclic) bond motifs is 2. The summed E-state index contributed by atoms with van der Waals surface area (Å²) in [7, 11) is 0. The van der Waals surface area contributed by atoms with Crippen LogP contribution < -0.4 is 4.90 Å². The minimum absolute atomic E-state index is 0.134. The van der Waals surface area contributed by atoms with Gasteiger partial charge in [-0.1, -0.05) is 23.7 Å².